The van der Waals surface area contributed by atoms with Gasteiger partial charge in [0.2, 0.25) is 0 Å². The summed E-state index contributed by atoms with van der Waals surface area (Å²) in [5, 5.41) is 1.34. The molecule has 0 saturated heterocycles. The van der Waals surface area contributed by atoms with Gasteiger partial charge in [-0.1, -0.05) is 54.8 Å². The van der Waals surface area contributed by atoms with Gasteiger partial charge in [0.05, 0.1) is 11.2 Å². The minimum Gasteiger partial charge on any atom is -0.248 e. The number of hydrogen-bond acceptors (Lipinski definition) is 1. The average Bonchev–Trinajstić information content (AvgIpc) is 3.08. The molecule has 0 atom stereocenters. The summed E-state index contributed by atoms with van der Waals surface area (Å²) in [6, 6.07) is 19.6. The Bertz CT molecular complexity index is 813. The summed E-state index contributed by atoms with van der Waals surface area (Å²) in [6.45, 7) is 2.14. The highest BCUT2D eigenvalue weighted by molar-refractivity contribution is 5.85. The van der Waals surface area contributed by atoms with Gasteiger partial charge >= 0.3 is 0 Å². The molecule has 1 heteroatoms. The quantitative estimate of drug-likeness (QED) is 0.574. The molecule has 0 amide bonds. The zero-order valence-corrected chi connectivity index (χ0v) is 13.0. The second-order valence-corrected chi connectivity index (χ2v) is 6.46. The zero-order valence-electron chi connectivity index (χ0n) is 13.0. The number of rotatable bonds is 2. The number of para-hydroxylation sites is 1. The largest absolute Gasteiger partial charge is 0.248 e. The van der Waals surface area contributed by atoms with Gasteiger partial charge in [-0.25, -0.2) is 4.98 Å². The Kier molecular flexibility index (Phi) is 3.42. The molecule has 1 aliphatic carbocycles. The van der Waals surface area contributed by atoms with Crippen LogP contribution in [0.1, 0.15) is 42.7 Å². The summed E-state index contributed by atoms with van der Waals surface area (Å²) in [7, 11) is 0. The summed E-state index contributed by atoms with van der Waals surface area (Å²) in [5.41, 5.74) is 6.26. The van der Waals surface area contributed by atoms with Gasteiger partial charge in [-0.3, -0.25) is 0 Å². The van der Waals surface area contributed by atoms with Crippen LogP contribution in [0, 0.1) is 6.92 Å². The van der Waals surface area contributed by atoms with E-state index in [2.05, 4.69) is 61.5 Å². The van der Waals surface area contributed by atoms with Gasteiger partial charge in [0.25, 0.3) is 0 Å². The maximum atomic E-state index is 4.92. The molecule has 1 fully saturated rings. The zero-order chi connectivity index (χ0) is 14.9. The molecule has 1 aromatic heterocycles. The Balaban J connectivity index is 1.93. The van der Waals surface area contributed by atoms with Crippen molar-refractivity contribution in [3.05, 3.63) is 65.7 Å². The van der Waals surface area contributed by atoms with Crippen molar-refractivity contribution < 1.29 is 0 Å². The fraction of sp³-hybridized carbons (Fsp3) is 0.286. The van der Waals surface area contributed by atoms with E-state index >= 15 is 0 Å². The molecule has 0 N–H and O–H groups in total. The SMILES string of the molecule is Cc1cccc(-c2cc(C3CCCC3)c3ccccc3n2)c1. The van der Waals surface area contributed by atoms with Crippen molar-refractivity contribution in [3.8, 4) is 11.3 Å². The predicted octanol–water partition coefficient (Wildman–Crippen LogP) is 5.87. The minimum absolute atomic E-state index is 0.705. The van der Waals surface area contributed by atoms with Gasteiger partial charge in [-0.05, 0) is 49.4 Å². The minimum atomic E-state index is 0.705. The van der Waals surface area contributed by atoms with E-state index in [0.29, 0.717) is 5.92 Å². The molecule has 1 heterocycles. The summed E-state index contributed by atoms with van der Waals surface area (Å²) in [6.07, 6.45) is 5.37. The van der Waals surface area contributed by atoms with Crippen molar-refractivity contribution in [2.24, 2.45) is 0 Å². The Morgan fingerprint density at radius 2 is 1.73 bits per heavy atom. The van der Waals surface area contributed by atoms with Crippen LogP contribution >= 0.6 is 0 Å². The predicted molar refractivity (Wildman–Crippen MR) is 93.1 cm³/mol. The van der Waals surface area contributed by atoms with Crippen molar-refractivity contribution in [2.45, 2.75) is 38.5 Å². The summed E-state index contributed by atoms with van der Waals surface area (Å²) >= 11 is 0. The molecule has 0 spiro atoms. The molecular formula is C21H21N. The van der Waals surface area contributed by atoms with Gasteiger partial charge < -0.3 is 0 Å². The molecule has 0 unspecified atom stereocenters. The number of aromatic nitrogens is 1. The lowest BCUT2D eigenvalue weighted by Gasteiger charge is -2.15. The van der Waals surface area contributed by atoms with E-state index in [1.165, 1.54) is 47.8 Å². The van der Waals surface area contributed by atoms with Crippen LogP contribution in [0.5, 0.6) is 0 Å². The lowest BCUT2D eigenvalue weighted by molar-refractivity contribution is 0.729. The Hall–Kier alpha value is -2.15. The third-order valence-electron chi connectivity index (χ3n) is 4.86. The number of benzene rings is 2. The highest BCUT2D eigenvalue weighted by Crippen LogP contribution is 2.38. The molecule has 1 aliphatic rings. The molecule has 2 aromatic carbocycles. The van der Waals surface area contributed by atoms with Gasteiger partial charge in [0.1, 0.15) is 0 Å². The van der Waals surface area contributed by atoms with E-state index in [9.17, 15) is 0 Å². The smallest absolute Gasteiger partial charge is 0.0712 e. The number of aryl methyl sites for hydroxylation is 1. The fourth-order valence-electron chi connectivity index (χ4n) is 3.73. The van der Waals surface area contributed by atoms with Crippen molar-refractivity contribution in [3.63, 3.8) is 0 Å². The van der Waals surface area contributed by atoms with Gasteiger partial charge in [0.15, 0.2) is 0 Å². The first kappa shape index (κ1) is 13.5. The van der Waals surface area contributed by atoms with E-state index in [1.54, 1.807) is 0 Å². The van der Waals surface area contributed by atoms with E-state index in [4.69, 9.17) is 4.98 Å². The lowest BCUT2D eigenvalue weighted by atomic mass is 9.92. The maximum absolute atomic E-state index is 4.92. The molecule has 4 rings (SSSR count). The maximum Gasteiger partial charge on any atom is 0.0712 e. The second kappa shape index (κ2) is 5.57. The molecular weight excluding hydrogens is 266 g/mol. The van der Waals surface area contributed by atoms with Crippen molar-refractivity contribution in [1.29, 1.82) is 0 Å². The lowest BCUT2D eigenvalue weighted by Crippen LogP contribution is -1.97. The first-order valence-electron chi connectivity index (χ1n) is 8.28. The highest BCUT2D eigenvalue weighted by atomic mass is 14.7. The van der Waals surface area contributed by atoms with Crippen LogP contribution in [0.15, 0.2) is 54.6 Å². The molecule has 0 bridgehead atoms. The number of fused-ring (bicyclic) bond motifs is 1. The Morgan fingerprint density at radius 1 is 0.909 bits per heavy atom. The van der Waals surface area contributed by atoms with Crippen LogP contribution in [0.3, 0.4) is 0 Å². The third-order valence-corrected chi connectivity index (χ3v) is 4.86. The summed E-state index contributed by atoms with van der Waals surface area (Å²) < 4.78 is 0. The van der Waals surface area contributed by atoms with Crippen LogP contribution < -0.4 is 0 Å². The molecule has 1 nitrogen and oxygen atoms in total. The van der Waals surface area contributed by atoms with Gasteiger partial charge in [-0.15, -0.1) is 0 Å². The molecule has 0 radical (unpaired) electrons. The first-order chi connectivity index (χ1) is 10.8. The molecule has 3 aromatic rings. The Labute approximate surface area is 132 Å². The molecule has 1 saturated carbocycles. The average molecular weight is 287 g/mol. The van der Waals surface area contributed by atoms with Gasteiger partial charge in [-0.2, -0.15) is 0 Å². The summed E-state index contributed by atoms with van der Waals surface area (Å²) in [5.74, 6) is 0.705. The van der Waals surface area contributed by atoms with Crippen molar-refractivity contribution >= 4 is 10.9 Å². The molecule has 0 aliphatic heterocycles. The number of nitrogens with zero attached hydrogens (tertiary/aromatic N) is 1. The molecule has 22 heavy (non-hydrogen) atoms. The highest BCUT2D eigenvalue weighted by Gasteiger charge is 2.20. The van der Waals surface area contributed by atoms with Gasteiger partial charge in [0, 0.05) is 10.9 Å². The third kappa shape index (κ3) is 2.41. The van der Waals surface area contributed by atoms with Crippen LogP contribution in [0.2, 0.25) is 0 Å². The van der Waals surface area contributed by atoms with Crippen LogP contribution in [0.4, 0.5) is 0 Å². The number of pyridine rings is 1. The Morgan fingerprint density at radius 3 is 2.55 bits per heavy atom. The fourth-order valence-corrected chi connectivity index (χ4v) is 3.73. The normalized spacial score (nSPS) is 15.5. The summed E-state index contributed by atoms with van der Waals surface area (Å²) in [4.78, 5) is 4.92. The second-order valence-electron chi connectivity index (χ2n) is 6.46. The first-order valence-corrected chi connectivity index (χ1v) is 8.28. The van der Waals surface area contributed by atoms with E-state index in [0.717, 1.165) is 11.2 Å². The standard InChI is InChI=1S/C21H21N/c1-15-7-6-10-17(13-15)21-14-19(16-8-2-3-9-16)18-11-4-5-12-20(18)22-21/h4-7,10-14,16H,2-3,8-9H2,1H3. The topological polar surface area (TPSA) is 12.9 Å². The van der Waals surface area contributed by atoms with E-state index in [1.807, 2.05) is 0 Å². The van der Waals surface area contributed by atoms with E-state index in [-0.39, 0.29) is 0 Å². The van der Waals surface area contributed by atoms with Crippen LogP contribution in [0.25, 0.3) is 22.2 Å². The molecule has 110 valence electrons. The van der Waals surface area contributed by atoms with Crippen molar-refractivity contribution in [2.75, 3.05) is 0 Å². The monoisotopic (exact) mass is 287 g/mol. The van der Waals surface area contributed by atoms with E-state index < -0.39 is 0 Å². The van der Waals surface area contributed by atoms with Crippen molar-refractivity contribution in [1.82, 2.24) is 4.98 Å². The van der Waals surface area contributed by atoms with Crippen LogP contribution in [-0.4, -0.2) is 4.98 Å². The van der Waals surface area contributed by atoms with Crippen LogP contribution in [-0.2, 0) is 0 Å². The number of hydrogen-bond donors (Lipinski definition) is 0.